The minimum atomic E-state index is -0.0422. The first-order valence-corrected chi connectivity index (χ1v) is 6.95. The van der Waals surface area contributed by atoms with Gasteiger partial charge in [0, 0.05) is 11.1 Å². The standard InChI is InChI=1S/C17H17NO3/c1-2-21-16-6-5-12(8-15(16)18)17(19)11-3-4-13-9-20-10-14(13)7-11/h3-8H,2,9-10,18H2,1H3. The molecule has 0 saturated carbocycles. The van der Waals surface area contributed by atoms with E-state index in [2.05, 4.69) is 0 Å². The van der Waals surface area contributed by atoms with Crippen LogP contribution in [0.15, 0.2) is 36.4 Å². The molecule has 0 spiro atoms. The third-order valence-corrected chi connectivity index (χ3v) is 3.56. The average molecular weight is 283 g/mol. The van der Waals surface area contributed by atoms with Gasteiger partial charge in [-0.25, -0.2) is 0 Å². The van der Waals surface area contributed by atoms with Crippen LogP contribution >= 0.6 is 0 Å². The van der Waals surface area contributed by atoms with Crippen LogP contribution in [-0.4, -0.2) is 12.4 Å². The molecule has 21 heavy (non-hydrogen) atoms. The number of carbonyl (C=O) groups excluding carboxylic acids is 1. The van der Waals surface area contributed by atoms with Crippen LogP contribution in [0, 0.1) is 0 Å². The van der Waals surface area contributed by atoms with Crippen LogP contribution in [0.2, 0.25) is 0 Å². The molecule has 4 heteroatoms. The molecular formula is C17H17NO3. The van der Waals surface area contributed by atoms with E-state index in [-0.39, 0.29) is 5.78 Å². The first-order valence-electron chi connectivity index (χ1n) is 6.95. The number of fused-ring (bicyclic) bond motifs is 1. The van der Waals surface area contributed by atoms with Gasteiger partial charge in [-0.3, -0.25) is 4.79 Å². The number of hydrogen-bond donors (Lipinski definition) is 1. The molecule has 0 radical (unpaired) electrons. The Balaban J connectivity index is 1.90. The molecule has 3 rings (SSSR count). The lowest BCUT2D eigenvalue weighted by Gasteiger charge is -2.09. The molecule has 0 aromatic heterocycles. The molecule has 0 atom stereocenters. The van der Waals surface area contributed by atoms with Gasteiger partial charge in [0.2, 0.25) is 0 Å². The van der Waals surface area contributed by atoms with E-state index in [1.807, 2.05) is 25.1 Å². The van der Waals surface area contributed by atoms with E-state index in [0.29, 0.717) is 42.4 Å². The van der Waals surface area contributed by atoms with Gasteiger partial charge in [0.25, 0.3) is 0 Å². The molecule has 0 unspecified atom stereocenters. The smallest absolute Gasteiger partial charge is 0.193 e. The van der Waals surface area contributed by atoms with Crippen molar-refractivity contribution in [3.8, 4) is 5.75 Å². The Bertz CT molecular complexity index is 694. The zero-order valence-corrected chi connectivity index (χ0v) is 11.9. The maximum absolute atomic E-state index is 12.5. The van der Waals surface area contributed by atoms with Crippen LogP contribution in [0.4, 0.5) is 5.69 Å². The topological polar surface area (TPSA) is 61.5 Å². The van der Waals surface area contributed by atoms with Gasteiger partial charge in [-0.15, -0.1) is 0 Å². The zero-order valence-electron chi connectivity index (χ0n) is 11.9. The van der Waals surface area contributed by atoms with Gasteiger partial charge < -0.3 is 15.2 Å². The predicted molar refractivity (Wildman–Crippen MR) is 80.4 cm³/mol. The van der Waals surface area contributed by atoms with Gasteiger partial charge >= 0.3 is 0 Å². The fourth-order valence-corrected chi connectivity index (χ4v) is 2.46. The Morgan fingerprint density at radius 2 is 1.86 bits per heavy atom. The van der Waals surface area contributed by atoms with Crippen LogP contribution < -0.4 is 10.5 Å². The molecule has 0 aliphatic carbocycles. The largest absolute Gasteiger partial charge is 0.492 e. The van der Waals surface area contributed by atoms with Crippen molar-refractivity contribution in [2.45, 2.75) is 20.1 Å². The summed E-state index contributed by atoms with van der Waals surface area (Å²) in [7, 11) is 0. The van der Waals surface area contributed by atoms with Crippen molar-refractivity contribution in [3.05, 3.63) is 58.7 Å². The molecule has 0 fully saturated rings. The van der Waals surface area contributed by atoms with Crippen LogP contribution in [0.3, 0.4) is 0 Å². The lowest BCUT2D eigenvalue weighted by molar-refractivity contribution is 0.103. The molecule has 108 valence electrons. The first-order chi connectivity index (χ1) is 10.2. The summed E-state index contributed by atoms with van der Waals surface area (Å²) < 4.78 is 10.8. The van der Waals surface area contributed by atoms with Crippen LogP contribution in [-0.2, 0) is 18.0 Å². The van der Waals surface area contributed by atoms with Gasteiger partial charge in [-0.05, 0) is 42.3 Å². The predicted octanol–water partition coefficient (Wildman–Crippen LogP) is 2.93. The maximum atomic E-state index is 12.5. The molecule has 2 aromatic carbocycles. The number of ether oxygens (including phenoxy) is 2. The minimum absolute atomic E-state index is 0.0422. The van der Waals surface area contributed by atoms with Gasteiger partial charge in [0.05, 0.1) is 25.5 Å². The highest BCUT2D eigenvalue weighted by atomic mass is 16.5. The van der Waals surface area contributed by atoms with Crippen molar-refractivity contribution in [2.75, 3.05) is 12.3 Å². The summed E-state index contributed by atoms with van der Waals surface area (Å²) in [6, 6.07) is 10.8. The monoisotopic (exact) mass is 283 g/mol. The molecule has 4 nitrogen and oxygen atoms in total. The summed E-state index contributed by atoms with van der Waals surface area (Å²) >= 11 is 0. The van der Waals surface area contributed by atoms with Crippen molar-refractivity contribution < 1.29 is 14.3 Å². The lowest BCUT2D eigenvalue weighted by atomic mass is 9.99. The molecule has 1 aliphatic rings. The van der Waals surface area contributed by atoms with Gasteiger partial charge in [-0.2, -0.15) is 0 Å². The lowest BCUT2D eigenvalue weighted by Crippen LogP contribution is -2.04. The molecule has 2 aromatic rings. The Kier molecular flexibility index (Phi) is 3.62. The van der Waals surface area contributed by atoms with E-state index >= 15 is 0 Å². The summed E-state index contributed by atoms with van der Waals surface area (Å²) in [5.41, 5.74) is 9.85. The van der Waals surface area contributed by atoms with E-state index in [9.17, 15) is 4.79 Å². The number of anilines is 1. The third-order valence-electron chi connectivity index (χ3n) is 3.56. The molecule has 0 saturated heterocycles. The van der Waals surface area contributed by atoms with E-state index < -0.39 is 0 Å². The van der Waals surface area contributed by atoms with E-state index in [1.165, 1.54) is 0 Å². The van der Waals surface area contributed by atoms with Crippen molar-refractivity contribution in [1.29, 1.82) is 0 Å². The summed E-state index contributed by atoms with van der Waals surface area (Å²) in [5.74, 6) is 0.566. The Hall–Kier alpha value is -2.33. The summed E-state index contributed by atoms with van der Waals surface area (Å²) in [5, 5.41) is 0. The van der Waals surface area contributed by atoms with Crippen LogP contribution in [0.25, 0.3) is 0 Å². The van der Waals surface area contributed by atoms with Crippen molar-refractivity contribution >= 4 is 11.5 Å². The number of benzene rings is 2. The van der Waals surface area contributed by atoms with Crippen molar-refractivity contribution in [3.63, 3.8) is 0 Å². The van der Waals surface area contributed by atoms with E-state index in [0.717, 1.165) is 11.1 Å². The highest BCUT2D eigenvalue weighted by Crippen LogP contribution is 2.26. The van der Waals surface area contributed by atoms with Crippen molar-refractivity contribution in [2.24, 2.45) is 0 Å². The number of nitrogens with two attached hydrogens (primary N) is 1. The second kappa shape index (κ2) is 5.58. The Labute approximate surface area is 123 Å². The quantitative estimate of drug-likeness (QED) is 0.692. The Morgan fingerprint density at radius 3 is 2.62 bits per heavy atom. The van der Waals surface area contributed by atoms with Crippen LogP contribution in [0.5, 0.6) is 5.75 Å². The number of ketones is 1. The highest BCUT2D eigenvalue weighted by molar-refractivity contribution is 6.09. The third kappa shape index (κ3) is 2.62. The average Bonchev–Trinajstić information content (AvgIpc) is 2.96. The van der Waals surface area contributed by atoms with E-state index in [4.69, 9.17) is 15.2 Å². The molecule has 0 amide bonds. The molecule has 1 aliphatic heterocycles. The van der Waals surface area contributed by atoms with E-state index in [1.54, 1.807) is 18.2 Å². The SMILES string of the molecule is CCOc1ccc(C(=O)c2ccc3c(c2)COC3)cc1N. The molecular weight excluding hydrogens is 266 g/mol. The second-order valence-electron chi connectivity index (χ2n) is 4.99. The fourth-order valence-electron chi connectivity index (χ4n) is 2.46. The fraction of sp³-hybridized carbons (Fsp3) is 0.235. The highest BCUT2D eigenvalue weighted by Gasteiger charge is 2.16. The molecule has 2 N–H and O–H groups in total. The molecule has 1 heterocycles. The number of rotatable bonds is 4. The minimum Gasteiger partial charge on any atom is -0.492 e. The van der Waals surface area contributed by atoms with Crippen molar-refractivity contribution in [1.82, 2.24) is 0 Å². The first kappa shape index (κ1) is 13.6. The number of nitrogen functional groups attached to an aromatic ring is 1. The van der Waals surface area contributed by atoms with Crippen LogP contribution in [0.1, 0.15) is 34.0 Å². The van der Waals surface area contributed by atoms with Gasteiger partial charge in [-0.1, -0.05) is 12.1 Å². The summed E-state index contributed by atoms with van der Waals surface area (Å²) in [4.78, 5) is 12.5. The summed E-state index contributed by atoms with van der Waals surface area (Å²) in [6.45, 7) is 3.63. The number of carbonyl (C=O) groups is 1. The normalized spacial score (nSPS) is 13.0. The molecule has 0 bridgehead atoms. The zero-order chi connectivity index (χ0) is 14.8. The second-order valence-corrected chi connectivity index (χ2v) is 4.99. The number of hydrogen-bond acceptors (Lipinski definition) is 4. The van der Waals surface area contributed by atoms with Gasteiger partial charge in [0.15, 0.2) is 5.78 Å². The Morgan fingerprint density at radius 1 is 1.14 bits per heavy atom. The maximum Gasteiger partial charge on any atom is 0.193 e. The van der Waals surface area contributed by atoms with Gasteiger partial charge in [0.1, 0.15) is 5.75 Å². The summed E-state index contributed by atoms with van der Waals surface area (Å²) in [6.07, 6.45) is 0.